The highest BCUT2D eigenvalue weighted by atomic mass is 16.5. The number of rotatable bonds is 8. The van der Waals surface area contributed by atoms with Crippen LogP contribution in [0.4, 0.5) is 16.4 Å². The van der Waals surface area contributed by atoms with E-state index in [2.05, 4.69) is 20.7 Å². The van der Waals surface area contributed by atoms with E-state index in [0.717, 1.165) is 17.1 Å². The first-order chi connectivity index (χ1) is 16.4. The summed E-state index contributed by atoms with van der Waals surface area (Å²) in [5, 5.41) is 20.4. The topological polar surface area (TPSA) is 104 Å². The Labute approximate surface area is 198 Å². The number of nitrogens with zero attached hydrogens (tertiary/aromatic N) is 4. The highest BCUT2D eigenvalue weighted by molar-refractivity contribution is 5.89. The largest absolute Gasteiger partial charge is 0.489 e. The summed E-state index contributed by atoms with van der Waals surface area (Å²) >= 11 is 0. The minimum Gasteiger partial charge on any atom is -0.489 e. The van der Waals surface area contributed by atoms with Crippen LogP contribution in [0.25, 0.3) is 5.65 Å². The van der Waals surface area contributed by atoms with Crippen LogP contribution in [0.2, 0.25) is 0 Å². The highest BCUT2D eigenvalue weighted by Gasteiger charge is 2.14. The molecule has 0 aliphatic rings. The van der Waals surface area contributed by atoms with Crippen molar-refractivity contribution in [2.24, 2.45) is 0 Å². The number of anilines is 2. The quantitative estimate of drug-likeness (QED) is 0.372. The van der Waals surface area contributed by atoms with Crippen LogP contribution in [-0.2, 0) is 6.61 Å². The van der Waals surface area contributed by atoms with Gasteiger partial charge < -0.3 is 20.1 Å². The third-order valence-electron chi connectivity index (χ3n) is 5.18. The first-order valence-electron chi connectivity index (χ1n) is 10.9. The van der Waals surface area contributed by atoms with Crippen LogP contribution in [0.15, 0.2) is 66.7 Å². The molecule has 9 nitrogen and oxygen atoms in total. The number of fused-ring (bicyclic) bond motifs is 1. The number of aliphatic hydroxyl groups is 1. The van der Waals surface area contributed by atoms with Crippen molar-refractivity contribution in [3.8, 4) is 5.75 Å². The number of ether oxygens (including phenoxy) is 1. The maximum atomic E-state index is 12.5. The number of hydrogen-bond donors (Lipinski definition) is 3. The number of aromatic nitrogens is 3. The van der Waals surface area contributed by atoms with Gasteiger partial charge in [-0.2, -0.15) is 9.61 Å². The van der Waals surface area contributed by atoms with E-state index in [1.54, 1.807) is 22.7 Å². The number of urea groups is 1. The molecule has 2 aromatic carbocycles. The zero-order valence-electron chi connectivity index (χ0n) is 19.4. The van der Waals surface area contributed by atoms with Crippen LogP contribution in [0.3, 0.4) is 0 Å². The second kappa shape index (κ2) is 10.2. The maximum Gasteiger partial charge on any atom is 0.320 e. The van der Waals surface area contributed by atoms with Crippen LogP contribution in [-0.4, -0.2) is 46.4 Å². The molecule has 1 unspecified atom stereocenters. The van der Waals surface area contributed by atoms with Crippen LogP contribution in [0, 0.1) is 6.92 Å². The number of hydrogen-bond acceptors (Lipinski definition) is 6. The number of carbonyl (C=O) groups excluding carboxylic acids is 1. The SMILES string of the molecule is Cc1cc2nc(NC(=O)NCC(O)c3cccc(OCc4ccccc4)c3)cc(N(C)C)n2n1. The van der Waals surface area contributed by atoms with E-state index in [9.17, 15) is 9.90 Å². The molecule has 0 fully saturated rings. The molecule has 2 heterocycles. The van der Waals surface area contributed by atoms with Gasteiger partial charge >= 0.3 is 6.03 Å². The van der Waals surface area contributed by atoms with E-state index in [1.165, 1.54) is 0 Å². The number of benzene rings is 2. The Hall–Kier alpha value is -4.11. The van der Waals surface area contributed by atoms with Crippen molar-refractivity contribution in [3.63, 3.8) is 0 Å². The fourth-order valence-corrected chi connectivity index (χ4v) is 3.48. The van der Waals surface area contributed by atoms with Gasteiger partial charge in [0.1, 0.15) is 24.0 Å². The predicted octanol–water partition coefficient (Wildman–Crippen LogP) is 3.54. The van der Waals surface area contributed by atoms with Crippen LogP contribution in [0.1, 0.15) is 22.9 Å². The summed E-state index contributed by atoms with van der Waals surface area (Å²) < 4.78 is 7.54. The van der Waals surface area contributed by atoms with Gasteiger partial charge in [0.2, 0.25) is 0 Å². The fourth-order valence-electron chi connectivity index (χ4n) is 3.48. The van der Waals surface area contributed by atoms with Crippen molar-refractivity contribution in [1.82, 2.24) is 19.9 Å². The lowest BCUT2D eigenvalue weighted by molar-refractivity contribution is 0.174. The Morgan fingerprint density at radius 1 is 1.12 bits per heavy atom. The predicted molar refractivity (Wildman–Crippen MR) is 131 cm³/mol. The van der Waals surface area contributed by atoms with Gasteiger partial charge in [0, 0.05) is 32.8 Å². The molecule has 0 saturated carbocycles. The molecule has 2 aromatic heterocycles. The number of nitrogens with one attached hydrogen (secondary N) is 2. The normalized spacial score (nSPS) is 11.8. The number of aryl methyl sites for hydroxylation is 1. The van der Waals surface area contributed by atoms with Gasteiger partial charge in [-0.3, -0.25) is 5.32 Å². The van der Waals surface area contributed by atoms with E-state index >= 15 is 0 Å². The van der Waals surface area contributed by atoms with Gasteiger partial charge in [-0.25, -0.2) is 9.78 Å². The van der Waals surface area contributed by atoms with Crippen molar-refractivity contribution in [2.45, 2.75) is 19.6 Å². The Kier molecular flexibility index (Phi) is 6.93. The average molecular weight is 461 g/mol. The van der Waals surface area contributed by atoms with E-state index in [0.29, 0.717) is 29.4 Å². The van der Waals surface area contributed by atoms with E-state index in [-0.39, 0.29) is 6.54 Å². The molecular formula is C25H28N6O3. The molecule has 4 aromatic rings. The second-order valence-electron chi connectivity index (χ2n) is 8.15. The Morgan fingerprint density at radius 2 is 1.91 bits per heavy atom. The van der Waals surface area contributed by atoms with Crippen molar-refractivity contribution in [2.75, 3.05) is 30.9 Å². The fraction of sp³-hybridized carbons (Fsp3) is 0.240. The van der Waals surface area contributed by atoms with Crippen molar-refractivity contribution >= 4 is 23.3 Å². The summed E-state index contributed by atoms with van der Waals surface area (Å²) in [4.78, 5) is 18.8. The molecule has 2 amide bonds. The third-order valence-corrected chi connectivity index (χ3v) is 5.18. The summed E-state index contributed by atoms with van der Waals surface area (Å²) in [5.41, 5.74) is 3.17. The molecule has 176 valence electrons. The number of aliphatic hydroxyl groups excluding tert-OH is 1. The lowest BCUT2D eigenvalue weighted by Gasteiger charge is -2.16. The zero-order chi connectivity index (χ0) is 24.1. The first-order valence-corrected chi connectivity index (χ1v) is 10.9. The highest BCUT2D eigenvalue weighted by Crippen LogP contribution is 2.21. The average Bonchev–Trinajstić information content (AvgIpc) is 3.21. The molecule has 1 atom stereocenters. The molecule has 3 N–H and O–H groups in total. The summed E-state index contributed by atoms with van der Waals surface area (Å²) in [6, 6.07) is 20.2. The Balaban J connectivity index is 1.35. The molecule has 34 heavy (non-hydrogen) atoms. The molecule has 0 aliphatic carbocycles. The molecule has 9 heteroatoms. The second-order valence-corrected chi connectivity index (χ2v) is 8.15. The smallest absolute Gasteiger partial charge is 0.320 e. The number of carbonyl (C=O) groups is 1. The van der Waals surface area contributed by atoms with Crippen molar-refractivity contribution in [3.05, 3.63) is 83.6 Å². The molecular weight excluding hydrogens is 432 g/mol. The molecule has 0 bridgehead atoms. The molecule has 0 radical (unpaired) electrons. The molecule has 0 aliphatic heterocycles. The van der Waals surface area contributed by atoms with E-state index in [1.807, 2.05) is 74.4 Å². The summed E-state index contributed by atoms with van der Waals surface area (Å²) in [7, 11) is 3.79. The molecule has 0 saturated heterocycles. The van der Waals surface area contributed by atoms with Gasteiger partial charge in [0.05, 0.1) is 11.8 Å². The standard InChI is InChI=1S/C25H28N6O3/c1-17-12-23-27-22(14-24(30(2)3)31(23)29-17)28-25(33)26-15-21(32)19-10-7-11-20(13-19)34-16-18-8-5-4-6-9-18/h4-14,21,32H,15-16H2,1-3H3,(H2,26,27,28,33). The van der Waals surface area contributed by atoms with Gasteiger partial charge in [-0.05, 0) is 30.2 Å². The van der Waals surface area contributed by atoms with Crippen LogP contribution in [0.5, 0.6) is 5.75 Å². The van der Waals surface area contributed by atoms with Crippen LogP contribution >= 0.6 is 0 Å². The lowest BCUT2D eigenvalue weighted by Crippen LogP contribution is -2.32. The maximum absolute atomic E-state index is 12.5. The van der Waals surface area contributed by atoms with Gasteiger partial charge in [-0.1, -0.05) is 42.5 Å². The van der Waals surface area contributed by atoms with Gasteiger partial charge in [0.15, 0.2) is 5.65 Å². The Morgan fingerprint density at radius 3 is 2.68 bits per heavy atom. The van der Waals surface area contributed by atoms with Crippen molar-refractivity contribution < 1.29 is 14.6 Å². The first kappa shape index (κ1) is 23.1. The summed E-state index contributed by atoms with van der Waals surface area (Å²) in [6.07, 6.45) is -0.892. The van der Waals surface area contributed by atoms with E-state index in [4.69, 9.17) is 4.74 Å². The van der Waals surface area contributed by atoms with E-state index < -0.39 is 12.1 Å². The minimum atomic E-state index is -0.892. The van der Waals surface area contributed by atoms with Gasteiger partial charge in [0.25, 0.3) is 0 Å². The lowest BCUT2D eigenvalue weighted by atomic mass is 10.1. The van der Waals surface area contributed by atoms with Gasteiger partial charge in [-0.15, -0.1) is 0 Å². The van der Waals surface area contributed by atoms with Crippen molar-refractivity contribution in [1.29, 1.82) is 0 Å². The number of amides is 2. The summed E-state index contributed by atoms with van der Waals surface area (Å²) in [6.45, 7) is 2.35. The summed E-state index contributed by atoms with van der Waals surface area (Å²) in [5.74, 6) is 1.81. The Bertz CT molecular complexity index is 1270. The third kappa shape index (κ3) is 5.62. The monoisotopic (exact) mass is 460 g/mol. The minimum absolute atomic E-state index is 0.0303. The van der Waals surface area contributed by atoms with Crippen LogP contribution < -0.4 is 20.3 Å². The molecule has 4 rings (SSSR count). The zero-order valence-corrected chi connectivity index (χ0v) is 19.4. The molecule has 0 spiro atoms.